The molecule has 5 heteroatoms. The average molecular weight is 184 g/mol. The van der Waals surface area contributed by atoms with E-state index >= 15 is 0 Å². The normalized spacial score (nSPS) is 15.2. The summed E-state index contributed by atoms with van der Waals surface area (Å²) in [6.45, 7) is 1.42. The molecule has 0 aromatic heterocycles. The molecule has 0 radical (unpaired) electrons. The van der Waals surface area contributed by atoms with Crippen molar-refractivity contribution in [3.05, 3.63) is 0 Å². The molecule has 0 rings (SSSR count). The summed E-state index contributed by atoms with van der Waals surface area (Å²) in [5.74, 6) is 0. The van der Waals surface area contributed by atoms with Gasteiger partial charge in [-0.15, -0.1) is 0 Å². The van der Waals surface area contributed by atoms with Gasteiger partial charge in [-0.25, -0.2) is 0 Å². The Bertz CT molecular complexity index is 122. The van der Waals surface area contributed by atoms with Crippen molar-refractivity contribution in [2.75, 3.05) is 27.2 Å². The number of nitrogens with one attached hydrogen (secondary N) is 1. The summed E-state index contributed by atoms with van der Waals surface area (Å²) in [6, 6.07) is -0.137. The first-order chi connectivity index (χ1) is 5.31. The Hall–Kier alpha value is -0.290. The fourth-order valence-corrected chi connectivity index (χ4v) is 0.902. The first kappa shape index (κ1) is 11.7. The predicted octanol–water partition coefficient (Wildman–Crippen LogP) is 1.09. The van der Waals surface area contributed by atoms with Gasteiger partial charge in [-0.2, -0.15) is 13.2 Å². The van der Waals surface area contributed by atoms with Crippen LogP contribution in [0.25, 0.3) is 0 Å². The Labute approximate surface area is 70.7 Å². The van der Waals surface area contributed by atoms with Gasteiger partial charge in [-0.1, -0.05) is 0 Å². The van der Waals surface area contributed by atoms with E-state index in [-0.39, 0.29) is 6.04 Å². The molecule has 0 spiro atoms. The van der Waals surface area contributed by atoms with Crippen LogP contribution >= 0.6 is 0 Å². The van der Waals surface area contributed by atoms with Gasteiger partial charge in [0.15, 0.2) is 0 Å². The molecule has 0 amide bonds. The van der Waals surface area contributed by atoms with Crippen LogP contribution in [0.2, 0.25) is 0 Å². The maximum Gasteiger partial charge on any atom is 0.401 e. The van der Waals surface area contributed by atoms with Crippen molar-refractivity contribution in [3.63, 3.8) is 0 Å². The third-order valence-electron chi connectivity index (χ3n) is 1.29. The first-order valence-electron chi connectivity index (χ1n) is 3.76. The Balaban J connectivity index is 3.51. The molecule has 0 aromatic carbocycles. The molecule has 12 heavy (non-hydrogen) atoms. The molecule has 0 aliphatic carbocycles. The van der Waals surface area contributed by atoms with E-state index in [0.29, 0.717) is 6.54 Å². The van der Waals surface area contributed by atoms with Crippen LogP contribution in [0.3, 0.4) is 0 Å². The summed E-state index contributed by atoms with van der Waals surface area (Å²) >= 11 is 0. The molecule has 74 valence electrons. The number of nitrogens with zero attached hydrogens (tertiary/aromatic N) is 1. The highest BCUT2D eigenvalue weighted by Crippen LogP contribution is 2.12. The second-order valence-corrected chi connectivity index (χ2v) is 3.16. The molecule has 1 N–H and O–H groups in total. The molecule has 0 heterocycles. The number of alkyl halides is 3. The Morgan fingerprint density at radius 2 is 1.83 bits per heavy atom. The van der Waals surface area contributed by atoms with Gasteiger partial charge >= 0.3 is 6.18 Å². The Kier molecular flexibility index (Phi) is 4.55. The molecule has 1 unspecified atom stereocenters. The second kappa shape index (κ2) is 4.67. The zero-order valence-electron chi connectivity index (χ0n) is 7.57. The Morgan fingerprint density at radius 1 is 1.33 bits per heavy atom. The lowest BCUT2D eigenvalue weighted by Crippen LogP contribution is -2.40. The van der Waals surface area contributed by atoms with E-state index in [2.05, 4.69) is 5.32 Å². The third kappa shape index (κ3) is 7.81. The lowest BCUT2D eigenvalue weighted by molar-refractivity contribution is -0.126. The van der Waals surface area contributed by atoms with Gasteiger partial charge in [0.25, 0.3) is 0 Å². The monoisotopic (exact) mass is 184 g/mol. The lowest BCUT2D eigenvalue weighted by Gasteiger charge is -2.18. The lowest BCUT2D eigenvalue weighted by atomic mass is 10.3. The Morgan fingerprint density at radius 3 is 2.17 bits per heavy atom. The zero-order chi connectivity index (χ0) is 9.78. The molecule has 2 nitrogen and oxygen atoms in total. The third-order valence-corrected chi connectivity index (χ3v) is 1.29. The first-order valence-corrected chi connectivity index (χ1v) is 3.76. The van der Waals surface area contributed by atoms with Gasteiger partial charge in [-0.3, -0.25) is 0 Å². The van der Waals surface area contributed by atoms with Gasteiger partial charge in [0.05, 0.1) is 6.54 Å². The fourth-order valence-electron chi connectivity index (χ4n) is 0.902. The quantitative estimate of drug-likeness (QED) is 0.703. The van der Waals surface area contributed by atoms with Crippen molar-refractivity contribution < 1.29 is 13.2 Å². The number of likely N-dealkylation sites (N-methyl/N-ethyl adjacent to an activating group) is 1. The summed E-state index contributed by atoms with van der Waals surface area (Å²) in [4.78, 5) is 1.84. The maximum absolute atomic E-state index is 11.7. The van der Waals surface area contributed by atoms with E-state index in [9.17, 15) is 13.2 Å². The summed E-state index contributed by atoms with van der Waals surface area (Å²) < 4.78 is 35.0. The van der Waals surface area contributed by atoms with Crippen molar-refractivity contribution in [2.24, 2.45) is 0 Å². The zero-order valence-corrected chi connectivity index (χ0v) is 7.57. The van der Waals surface area contributed by atoms with Gasteiger partial charge in [-0.05, 0) is 21.0 Å². The molecule has 0 saturated heterocycles. The van der Waals surface area contributed by atoms with Gasteiger partial charge in [0.1, 0.15) is 0 Å². The fraction of sp³-hybridized carbons (Fsp3) is 1.00. The summed E-state index contributed by atoms with van der Waals surface area (Å²) in [6.07, 6.45) is -4.11. The summed E-state index contributed by atoms with van der Waals surface area (Å²) in [7, 11) is 3.65. The molecule has 0 saturated carbocycles. The molecular formula is C7H15F3N2. The van der Waals surface area contributed by atoms with E-state index in [1.165, 1.54) is 0 Å². The number of hydrogen-bond donors (Lipinski definition) is 1. The standard InChI is InChI=1S/C7H15F3N2/c1-6(4-12(2)3)11-5-7(8,9)10/h6,11H,4-5H2,1-3H3. The smallest absolute Gasteiger partial charge is 0.308 e. The van der Waals surface area contributed by atoms with Crippen LogP contribution in [0.4, 0.5) is 13.2 Å². The summed E-state index contributed by atoms with van der Waals surface area (Å²) in [5, 5.41) is 2.39. The molecule has 0 fully saturated rings. The molecular weight excluding hydrogens is 169 g/mol. The van der Waals surface area contributed by atoms with Crippen LogP contribution in [-0.4, -0.2) is 44.3 Å². The van der Waals surface area contributed by atoms with Crippen LogP contribution in [0.15, 0.2) is 0 Å². The van der Waals surface area contributed by atoms with E-state index in [1.54, 1.807) is 6.92 Å². The predicted molar refractivity (Wildman–Crippen MR) is 42.1 cm³/mol. The van der Waals surface area contributed by atoms with Crippen LogP contribution in [0, 0.1) is 0 Å². The van der Waals surface area contributed by atoms with Crippen molar-refractivity contribution in [2.45, 2.75) is 19.1 Å². The number of rotatable bonds is 4. The van der Waals surface area contributed by atoms with E-state index < -0.39 is 12.7 Å². The minimum Gasteiger partial charge on any atom is -0.308 e. The van der Waals surface area contributed by atoms with Crippen molar-refractivity contribution in [3.8, 4) is 0 Å². The maximum atomic E-state index is 11.7. The highest BCUT2D eigenvalue weighted by Gasteiger charge is 2.27. The summed E-state index contributed by atoms with van der Waals surface area (Å²) in [5.41, 5.74) is 0. The van der Waals surface area contributed by atoms with Crippen LogP contribution in [-0.2, 0) is 0 Å². The minimum absolute atomic E-state index is 0.137. The number of hydrogen-bond acceptors (Lipinski definition) is 2. The molecule has 0 bridgehead atoms. The average Bonchev–Trinajstić information content (AvgIpc) is 1.80. The van der Waals surface area contributed by atoms with Crippen molar-refractivity contribution in [1.29, 1.82) is 0 Å². The molecule has 0 aliphatic heterocycles. The van der Waals surface area contributed by atoms with Gasteiger partial charge in [0.2, 0.25) is 0 Å². The SMILES string of the molecule is CC(CN(C)C)NCC(F)(F)F. The van der Waals surface area contributed by atoms with Gasteiger partial charge < -0.3 is 10.2 Å². The molecule has 1 atom stereocenters. The molecule has 0 aliphatic rings. The van der Waals surface area contributed by atoms with Crippen LogP contribution in [0.5, 0.6) is 0 Å². The van der Waals surface area contributed by atoms with Crippen molar-refractivity contribution >= 4 is 0 Å². The van der Waals surface area contributed by atoms with E-state index in [4.69, 9.17) is 0 Å². The van der Waals surface area contributed by atoms with Gasteiger partial charge in [0, 0.05) is 12.6 Å². The number of halogens is 3. The second-order valence-electron chi connectivity index (χ2n) is 3.16. The van der Waals surface area contributed by atoms with E-state index in [0.717, 1.165) is 0 Å². The van der Waals surface area contributed by atoms with Crippen LogP contribution in [0.1, 0.15) is 6.92 Å². The molecule has 0 aromatic rings. The largest absolute Gasteiger partial charge is 0.401 e. The highest BCUT2D eigenvalue weighted by molar-refractivity contribution is 4.65. The van der Waals surface area contributed by atoms with Crippen LogP contribution < -0.4 is 5.32 Å². The van der Waals surface area contributed by atoms with E-state index in [1.807, 2.05) is 19.0 Å². The highest BCUT2D eigenvalue weighted by atomic mass is 19.4. The van der Waals surface area contributed by atoms with Crippen molar-refractivity contribution in [1.82, 2.24) is 10.2 Å². The topological polar surface area (TPSA) is 15.3 Å². The minimum atomic E-state index is -4.11.